The fraction of sp³-hybridized carbons (Fsp3) is 0.100. The van der Waals surface area contributed by atoms with Crippen LogP contribution < -0.4 is 10.1 Å². The SMILES string of the molecule is COc1ccc(N=C2NC(=O)SC2=CC(C)=Cc2ccccc2)cc1. The second-order valence-corrected chi connectivity index (χ2v) is 6.50. The van der Waals surface area contributed by atoms with Gasteiger partial charge in [-0.15, -0.1) is 0 Å². The molecule has 126 valence electrons. The number of nitrogens with zero attached hydrogens (tertiary/aromatic N) is 1. The molecule has 0 aliphatic carbocycles. The first-order valence-electron chi connectivity index (χ1n) is 7.81. The smallest absolute Gasteiger partial charge is 0.289 e. The van der Waals surface area contributed by atoms with Crippen molar-refractivity contribution < 1.29 is 9.53 Å². The van der Waals surface area contributed by atoms with E-state index >= 15 is 0 Å². The number of carbonyl (C=O) groups is 1. The standard InChI is InChI=1S/C20H18N2O2S/c1-14(12-15-6-4-3-5-7-15)13-18-19(22-20(23)25-18)21-16-8-10-17(24-2)11-9-16/h3-13H,1-2H3,(H,21,22,23). The number of ether oxygens (including phenoxy) is 1. The van der Waals surface area contributed by atoms with Gasteiger partial charge in [-0.25, -0.2) is 4.99 Å². The molecule has 1 aliphatic rings. The zero-order valence-electron chi connectivity index (χ0n) is 14.0. The van der Waals surface area contributed by atoms with Crippen molar-refractivity contribution in [1.29, 1.82) is 0 Å². The Balaban J connectivity index is 1.86. The molecule has 0 atom stereocenters. The molecule has 2 aromatic rings. The van der Waals surface area contributed by atoms with Crippen LogP contribution in [0, 0.1) is 0 Å². The third-order valence-electron chi connectivity index (χ3n) is 3.52. The summed E-state index contributed by atoms with van der Waals surface area (Å²) in [6.45, 7) is 2.01. The van der Waals surface area contributed by atoms with E-state index in [1.54, 1.807) is 7.11 Å². The van der Waals surface area contributed by atoms with E-state index in [2.05, 4.69) is 16.4 Å². The fourth-order valence-corrected chi connectivity index (χ4v) is 3.14. The molecule has 1 amide bonds. The van der Waals surface area contributed by atoms with Gasteiger partial charge in [0.25, 0.3) is 5.24 Å². The third kappa shape index (κ3) is 4.61. The number of hydrogen-bond acceptors (Lipinski definition) is 4. The number of carbonyl (C=O) groups excluding carboxylic acids is 1. The van der Waals surface area contributed by atoms with Gasteiger partial charge in [-0.1, -0.05) is 36.4 Å². The molecule has 5 heteroatoms. The number of methoxy groups -OCH3 is 1. The molecule has 3 rings (SSSR count). The van der Waals surface area contributed by atoms with E-state index in [4.69, 9.17) is 4.74 Å². The Morgan fingerprint density at radius 1 is 1.12 bits per heavy atom. The normalized spacial score (nSPS) is 17.8. The maximum Gasteiger partial charge on any atom is 0.289 e. The number of amidine groups is 1. The number of nitrogens with one attached hydrogen (secondary N) is 1. The summed E-state index contributed by atoms with van der Waals surface area (Å²) in [6, 6.07) is 17.5. The van der Waals surface area contributed by atoms with Gasteiger partial charge in [0.15, 0.2) is 0 Å². The van der Waals surface area contributed by atoms with Crippen LogP contribution >= 0.6 is 11.8 Å². The van der Waals surface area contributed by atoms with Crippen molar-refractivity contribution in [2.24, 2.45) is 4.99 Å². The maximum absolute atomic E-state index is 11.8. The maximum atomic E-state index is 11.8. The predicted octanol–water partition coefficient (Wildman–Crippen LogP) is 5.17. The van der Waals surface area contributed by atoms with E-state index in [1.165, 1.54) is 0 Å². The van der Waals surface area contributed by atoms with Gasteiger partial charge >= 0.3 is 0 Å². The first-order valence-corrected chi connectivity index (χ1v) is 8.63. The lowest BCUT2D eigenvalue weighted by atomic mass is 10.1. The summed E-state index contributed by atoms with van der Waals surface area (Å²) >= 11 is 1.15. The largest absolute Gasteiger partial charge is 0.497 e. The molecule has 0 saturated carbocycles. The van der Waals surface area contributed by atoms with Gasteiger partial charge in [-0.05, 0) is 60.2 Å². The second-order valence-electron chi connectivity index (χ2n) is 5.48. The van der Waals surface area contributed by atoms with E-state index in [0.717, 1.165) is 39.2 Å². The summed E-state index contributed by atoms with van der Waals surface area (Å²) in [6.07, 6.45) is 4.04. The predicted molar refractivity (Wildman–Crippen MR) is 104 cm³/mol. The summed E-state index contributed by atoms with van der Waals surface area (Å²) in [5, 5.41) is 2.68. The lowest BCUT2D eigenvalue weighted by Gasteiger charge is -2.02. The molecule has 4 nitrogen and oxygen atoms in total. The van der Waals surface area contributed by atoms with Gasteiger partial charge in [0.1, 0.15) is 11.6 Å². The fourth-order valence-electron chi connectivity index (χ4n) is 2.36. The van der Waals surface area contributed by atoms with Crippen molar-refractivity contribution in [3.05, 3.63) is 76.7 Å². The summed E-state index contributed by atoms with van der Waals surface area (Å²) in [5.74, 6) is 1.34. The Morgan fingerprint density at radius 2 is 1.84 bits per heavy atom. The number of hydrogen-bond donors (Lipinski definition) is 1. The van der Waals surface area contributed by atoms with Gasteiger partial charge in [0, 0.05) is 0 Å². The van der Waals surface area contributed by atoms with Crippen molar-refractivity contribution in [3.63, 3.8) is 0 Å². The van der Waals surface area contributed by atoms with Crippen LogP contribution in [0.15, 0.2) is 76.1 Å². The molecule has 1 N–H and O–H groups in total. The van der Waals surface area contributed by atoms with Crippen LogP contribution in [0.3, 0.4) is 0 Å². The molecule has 1 aliphatic heterocycles. The van der Waals surface area contributed by atoms with Crippen LogP contribution in [0.4, 0.5) is 10.5 Å². The van der Waals surface area contributed by atoms with E-state index < -0.39 is 0 Å². The molecule has 0 unspecified atom stereocenters. The van der Waals surface area contributed by atoms with Gasteiger partial charge in [0.2, 0.25) is 0 Å². The molecule has 0 aromatic heterocycles. The van der Waals surface area contributed by atoms with E-state index in [0.29, 0.717) is 5.84 Å². The monoisotopic (exact) mass is 350 g/mol. The van der Waals surface area contributed by atoms with E-state index in [9.17, 15) is 4.79 Å². The first-order chi connectivity index (χ1) is 12.1. The highest BCUT2D eigenvalue weighted by atomic mass is 32.2. The van der Waals surface area contributed by atoms with Crippen LogP contribution in [0.25, 0.3) is 6.08 Å². The second kappa shape index (κ2) is 7.85. The Morgan fingerprint density at radius 3 is 2.52 bits per heavy atom. The van der Waals surface area contributed by atoms with Crippen molar-refractivity contribution in [2.45, 2.75) is 6.92 Å². The van der Waals surface area contributed by atoms with Gasteiger partial charge in [0.05, 0.1) is 17.7 Å². The quantitative estimate of drug-likeness (QED) is 0.828. The molecular weight excluding hydrogens is 332 g/mol. The lowest BCUT2D eigenvalue weighted by Crippen LogP contribution is -2.18. The first kappa shape index (κ1) is 17.0. The highest BCUT2D eigenvalue weighted by molar-refractivity contribution is 8.18. The number of aliphatic imine (C=N–C) groups is 1. The molecule has 0 radical (unpaired) electrons. The number of allylic oxidation sites excluding steroid dienone is 2. The molecule has 1 heterocycles. The molecule has 25 heavy (non-hydrogen) atoms. The number of benzene rings is 2. The molecular formula is C20H18N2O2S. The van der Waals surface area contributed by atoms with Crippen LogP contribution in [-0.4, -0.2) is 18.2 Å². The molecule has 1 fully saturated rings. The van der Waals surface area contributed by atoms with Gasteiger partial charge in [-0.3, -0.25) is 4.79 Å². The minimum Gasteiger partial charge on any atom is -0.497 e. The Kier molecular flexibility index (Phi) is 5.36. The summed E-state index contributed by atoms with van der Waals surface area (Å²) in [5.41, 5.74) is 2.93. The molecule has 1 saturated heterocycles. The number of thioether (sulfide) groups is 1. The highest BCUT2D eigenvalue weighted by Crippen LogP contribution is 2.28. The highest BCUT2D eigenvalue weighted by Gasteiger charge is 2.23. The topological polar surface area (TPSA) is 50.7 Å². The van der Waals surface area contributed by atoms with E-state index in [-0.39, 0.29) is 5.24 Å². The van der Waals surface area contributed by atoms with Crippen LogP contribution in [0.2, 0.25) is 0 Å². The molecule has 2 aromatic carbocycles. The van der Waals surface area contributed by atoms with Crippen molar-refractivity contribution in [1.82, 2.24) is 5.32 Å². The lowest BCUT2D eigenvalue weighted by molar-refractivity contribution is 0.265. The van der Waals surface area contributed by atoms with Crippen LogP contribution in [0.1, 0.15) is 12.5 Å². The van der Waals surface area contributed by atoms with Crippen LogP contribution in [0.5, 0.6) is 5.75 Å². The van der Waals surface area contributed by atoms with Crippen LogP contribution in [-0.2, 0) is 0 Å². The Hall–Kier alpha value is -2.79. The van der Waals surface area contributed by atoms with Crippen molar-refractivity contribution >= 4 is 34.6 Å². The van der Waals surface area contributed by atoms with Gasteiger partial charge < -0.3 is 10.1 Å². The average Bonchev–Trinajstić information content (AvgIpc) is 2.95. The van der Waals surface area contributed by atoms with Gasteiger partial charge in [-0.2, -0.15) is 0 Å². The minimum atomic E-state index is -0.119. The number of rotatable bonds is 4. The van der Waals surface area contributed by atoms with Crippen molar-refractivity contribution in [2.75, 3.05) is 7.11 Å². The zero-order valence-corrected chi connectivity index (χ0v) is 14.8. The van der Waals surface area contributed by atoms with E-state index in [1.807, 2.05) is 67.6 Å². The molecule has 0 bridgehead atoms. The Labute approximate surface area is 151 Å². The number of amides is 1. The average molecular weight is 350 g/mol. The third-order valence-corrected chi connectivity index (χ3v) is 4.34. The van der Waals surface area contributed by atoms with Crippen molar-refractivity contribution in [3.8, 4) is 5.75 Å². The summed E-state index contributed by atoms with van der Waals surface area (Å²) < 4.78 is 5.15. The summed E-state index contributed by atoms with van der Waals surface area (Å²) in [4.78, 5) is 17.1. The zero-order chi connectivity index (χ0) is 17.6. The minimum absolute atomic E-state index is 0.119. The Bertz CT molecular complexity index is 853. The summed E-state index contributed by atoms with van der Waals surface area (Å²) in [7, 11) is 1.62. The molecule has 0 spiro atoms.